The summed E-state index contributed by atoms with van der Waals surface area (Å²) in [5, 5.41) is 3.36. The van der Waals surface area contributed by atoms with Gasteiger partial charge >= 0.3 is 0 Å². The number of carbonyl (C=O) groups is 1. The van der Waals surface area contributed by atoms with Crippen molar-refractivity contribution in [1.82, 2.24) is 10.2 Å². The van der Waals surface area contributed by atoms with Gasteiger partial charge in [-0.3, -0.25) is 4.79 Å². The van der Waals surface area contributed by atoms with Gasteiger partial charge in [0.1, 0.15) is 0 Å². The largest absolute Gasteiger partial charge is 0.336 e. The molecular formula is C15H21IN2O. The molecular weight excluding hydrogens is 351 g/mol. The Labute approximate surface area is 128 Å². The highest BCUT2D eigenvalue weighted by Gasteiger charge is 2.25. The molecule has 2 rings (SSSR count). The molecule has 1 aromatic carbocycles. The number of piperidine rings is 1. The first-order valence-electron chi connectivity index (χ1n) is 6.99. The van der Waals surface area contributed by atoms with E-state index in [1.807, 2.05) is 24.3 Å². The molecule has 1 aromatic rings. The zero-order chi connectivity index (χ0) is 13.7. The maximum absolute atomic E-state index is 12.6. The van der Waals surface area contributed by atoms with E-state index in [4.69, 9.17) is 0 Å². The summed E-state index contributed by atoms with van der Waals surface area (Å²) in [6.07, 6.45) is 3.15. The van der Waals surface area contributed by atoms with Crippen LogP contribution in [0, 0.1) is 3.57 Å². The number of amides is 1. The van der Waals surface area contributed by atoms with Crippen LogP contribution in [0.3, 0.4) is 0 Å². The number of nitrogens with zero attached hydrogens (tertiary/aromatic N) is 1. The van der Waals surface area contributed by atoms with E-state index in [9.17, 15) is 4.79 Å². The first-order valence-corrected chi connectivity index (χ1v) is 8.07. The Hall–Kier alpha value is -0.620. The number of rotatable bonds is 4. The van der Waals surface area contributed by atoms with Crippen LogP contribution in [0.15, 0.2) is 24.3 Å². The maximum Gasteiger partial charge on any atom is 0.254 e. The third-order valence-corrected chi connectivity index (χ3v) is 4.29. The second-order valence-corrected chi connectivity index (χ2v) is 6.23. The van der Waals surface area contributed by atoms with Crippen molar-refractivity contribution in [1.29, 1.82) is 0 Å². The first-order chi connectivity index (χ1) is 9.22. The van der Waals surface area contributed by atoms with Crippen LogP contribution in [-0.2, 0) is 0 Å². The molecule has 1 aliphatic heterocycles. The lowest BCUT2D eigenvalue weighted by Gasteiger charge is -2.34. The molecule has 0 bridgehead atoms. The summed E-state index contributed by atoms with van der Waals surface area (Å²) in [4.78, 5) is 14.7. The predicted octanol–water partition coefficient (Wildman–Crippen LogP) is 2.90. The monoisotopic (exact) mass is 372 g/mol. The Kier molecular flexibility index (Phi) is 5.63. The summed E-state index contributed by atoms with van der Waals surface area (Å²) < 4.78 is 1.16. The van der Waals surface area contributed by atoms with Crippen molar-refractivity contribution in [3.63, 3.8) is 0 Å². The van der Waals surface area contributed by atoms with E-state index < -0.39 is 0 Å². The molecule has 19 heavy (non-hydrogen) atoms. The third kappa shape index (κ3) is 3.92. The SMILES string of the molecule is CCCN(C(=O)c1ccc(I)cc1)C1CCNCC1. The highest BCUT2D eigenvalue weighted by molar-refractivity contribution is 14.1. The van der Waals surface area contributed by atoms with Crippen LogP contribution < -0.4 is 5.32 Å². The second kappa shape index (κ2) is 7.24. The summed E-state index contributed by atoms with van der Waals surface area (Å²) >= 11 is 2.26. The molecule has 0 atom stereocenters. The lowest BCUT2D eigenvalue weighted by atomic mass is 10.0. The van der Waals surface area contributed by atoms with Crippen molar-refractivity contribution in [3.8, 4) is 0 Å². The van der Waals surface area contributed by atoms with Gasteiger partial charge in [0.05, 0.1) is 0 Å². The first kappa shape index (κ1) is 14.8. The van der Waals surface area contributed by atoms with Gasteiger partial charge in [0.25, 0.3) is 5.91 Å². The number of carbonyl (C=O) groups excluding carboxylic acids is 1. The van der Waals surface area contributed by atoms with Crippen molar-refractivity contribution >= 4 is 28.5 Å². The molecule has 1 aliphatic rings. The average molecular weight is 372 g/mol. The van der Waals surface area contributed by atoms with Gasteiger partial charge in [-0.2, -0.15) is 0 Å². The molecule has 1 fully saturated rings. The topological polar surface area (TPSA) is 32.3 Å². The fraction of sp³-hybridized carbons (Fsp3) is 0.533. The van der Waals surface area contributed by atoms with Gasteiger partial charge in [0, 0.05) is 21.7 Å². The summed E-state index contributed by atoms with van der Waals surface area (Å²) in [5.41, 5.74) is 0.812. The summed E-state index contributed by atoms with van der Waals surface area (Å²) in [7, 11) is 0. The normalized spacial score (nSPS) is 16.3. The van der Waals surface area contributed by atoms with E-state index >= 15 is 0 Å². The smallest absolute Gasteiger partial charge is 0.254 e. The van der Waals surface area contributed by atoms with Gasteiger partial charge in [0.15, 0.2) is 0 Å². The molecule has 0 spiro atoms. The lowest BCUT2D eigenvalue weighted by molar-refractivity contribution is 0.0642. The number of halogens is 1. The highest BCUT2D eigenvalue weighted by atomic mass is 127. The molecule has 0 saturated carbocycles. The van der Waals surface area contributed by atoms with E-state index in [2.05, 4.69) is 39.7 Å². The predicted molar refractivity (Wildman–Crippen MR) is 86.4 cm³/mol. The minimum atomic E-state index is 0.185. The van der Waals surface area contributed by atoms with E-state index in [1.165, 1.54) is 0 Å². The summed E-state index contributed by atoms with van der Waals surface area (Å²) in [5.74, 6) is 0.185. The zero-order valence-electron chi connectivity index (χ0n) is 11.4. The van der Waals surface area contributed by atoms with Crippen LogP contribution in [0.2, 0.25) is 0 Å². The van der Waals surface area contributed by atoms with Crippen molar-refractivity contribution in [2.24, 2.45) is 0 Å². The van der Waals surface area contributed by atoms with Crippen molar-refractivity contribution in [2.75, 3.05) is 19.6 Å². The van der Waals surface area contributed by atoms with Gasteiger partial charge in [0.2, 0.25) is 0 Å². The van der Waals surface area contributed by atoms with E-state index in [1.54, 1.807) is 0 Å². The minimum absolute atomic E-state index is 0.185. The fourth-order valence-corrected chi connectivity index (χ4v) is 2.93. The number of nitrogens with one attached hydrogen (secondary N) is 1. The Morgan fingerprint density at radius 3 is 2.53 bits per heavy atom. The number of benzene rings is 1. The number of hydrogen-bond donors (Lipinski definition) is 1. The van der Waals surface area contributed by atoms with Gasteiger partial charge < -0.3 is 10.2 Å². The van der Waals surface area contributed by atoms with Crippen LogP contribution in [-0.4, -0.2) is 36.5 Å². The highest BCUT2D eigenvalue weighted by Crippen LogP contribution is 2.17. The zero-order valence-corrected chi connectivity index (χ0v) is 13.5. The molecule has 0 unspecified atom stereocenters. The molecule has 0 radical (unpaired) electrons. The van der Waals surface area contributed by atoms with Crippen LogP contribution in [0.5, 0.6) is 0 Å². The Bertz CT molecular complexity index is 413. The maximum atomic E-state index is 12.6. The lowest BCUT2D eigenvalue weighted by Crippen LogP contribution is -2.46. The van der Waals surface area contributed by atoms with Crippen LogP contribution in [0.1, 0.15) is 36.5 Å². The molecule has 3 nitrogen and oxygen atoms in total. The van der Waals surface area contributed by atoms with Gasteiger partial charge in [-0.05, 0) is 79.2 Å². The Morgan fingerprint density at radius 2 is 1.95 bits per heavy atom. The van der Waals surface area contributed by atoms with Crippen LogP contribution >= 0.6 is 22.6 Å². The van der Waals surface area contributed by atoms with Crippen molar-refractivity contribution in [3.05, 3.63) is 33.4 Å². The molecule has 1 amide bonds. The molecule has 104 valence electrons. The molecule has 0 aromatic heterocycles. The van der Waals surface area contributed by atoms with Crippen molar-refractivity contribution in [2.45, 2.75) is 32.2 Å². The van der Waals surface area contributed by atoms with E-state index in [0.717, 1.165) is 48.0 Å². The molecule has 4 heteroatoms. The molecule has 1 heterocycles. The average Bonchev–Trinajstić information content (AvgIpc) is 2.46. The molecule has 0 aliphatic carbocycles. The van der Waals surface area contributed by atoms with E-state index in [0.29, 0.717) is 6.04 Å². The van der Waals surface area contributed by atoms with Crippen LogP contribution in [0.25, 0.3) is 0 Å². The quantitative estimate of drug-likeness (QED) is 0.825. The van der Waals surface area contributed by atoms with Crippen LogP contribution in [0.4, 0.5) is 0 Å². The van der Waals surface area contributed by atoms with E-state index in [-0.39, 0.29) is 5.91 Å². The van der Waals surface area contributed by atoms with Gasteiger partial charge in [-0.15, -0.1) is 0 Å². The molecule has 1 saturated heterocycles. The Morgan fingerprint density at radius 1 is 1.32 bits per heavy atom. The summed E-state index contributed by atoms with van der Waals surface area (Å²) in [6, 6.07) is 8.27. The second-order valence-electron chi connectivity index (χ2n) is 4.99. The van der Waals surface area contributed by atoms with Gasteiger partial charge in [-0.1, -0.05) is 6.92 Å². The minimum Gasteiger partial charge on any atom is -0.336 e. The number of hydrogen-bond acceptors (Lipinski definition) is 2. The third-order valence-electron chi connectivity index (χ3n) is 3.57. The summed E-state index contributed by atoms with van der Waals surface area (Å²) in [6.45, 7) is 5.03. The fourth-order valence-electron chi connectivity index (χ4n) is 2.57. The van der Waals surface area contributed by atoms with Crippen molar-refractivity contribution < 1.29 is 4.79 Å². The molecule has 1 N–H and O–H groups in total. The van der Waals surface area contributed by atoms with Gasteiger partial charge in [-0.25, -0.2) is 0 Å². The Balaban J connectivity index is 2.13. The standard InChI is InChI=1S/C15H21IN2O/c1-2-11-18(14-7-9-17-10-8-14)15(19)12-3-5-13(16)6-4-12/h3-6,14,17H,2,7-11H2,1H3.